The first-order valence-electron chi connectivity index (χ1n) is 21.4. The second kappa shape index (κ2) is 19.2. The third kappa shape index (κ3) is 10.9. The molecule has 5 aromatic rings. The maximum Gasteiger partial charge on any atom is 0.573 e. The number of aliphatic hydroxyl groups is 2. The van der Waals surface area contributed by atoms with E-state index < -0.39 is 58.7 Å². The summed E-state index contributed by atoms with van der Waals surface area (Å²) >= 11 is 6.33. The highest BCUT2D eigenvalue weighted by Gasteiger charge is 2.58. The zero-order chi connectivity index (χ0) is 47.6. The molecule has 0 saturated heterocycles. The van der Waals surface area contributed by atoms with Crippen LogP contribution in [0.15, 0.2) is 113 Å². The van der Waals surface area contributed by atoms with Crippen molar-refractivity contribution in [2.75, 3.05) is 19.0 Å². The number of hydrogen-bond donors (Lipinski definition) is 3. The number of fused-ring (bicyclic) bond motifs is 8. The maximum atomic E-state index is 14.7. The molecule has 4 aromatic carbocycles. The van der Waals surface area contributed by atoms with Crippen molar-refractivity contribution in [1.29, 1.82) is 0 Å². The highest BCUT2D eigenvalue weighted by Crippen LogP contribution is 2.59. The van der Waals surface area contributed by atoms with E-state index in [1.807, 2.05) is 26.0 Å². The maximum absolute atomic E-state index is 14.7. The van der Waals surface area contributed by atoms with E-state index in [1.165, 1.54) is 36.3 Å². The van der Waals surface area contributed by atoms with E-state index in [0.29, 0.717) is 60.2 Å². The summed E-state index contributed by atoms with van der Waals surface area (Å²) in [5.74, 6) is -1.19. The number of halogens is 7. The number of aliphatic hydroxyl groups excluding tert-OH is 1. The monoisotopic (exact) mass is 938 g/mol. The van der Waals surface area contributed by atoms with Gasteiger partial charge in [0.2, 0.25) is 5.78 Å². The third-order valence-electron chi connectivity index (χ3n) is 12.9. The van der Waals surface area contributed by atoms with Crippen molar-refractivity contribution in [2.24, 2.45) is 5.41 Å². The lowest BCUT2D eigenvalue weighted by atomic mass is 9.64. The van der Waals surface area contributed by atoms with Gasteiger partial charge in [-0.1, -0.05) is 54.4 Å². The minimum Gasteiger partial charge on any atom is -0.497 e. The number of ether oxygens (including phenoxy) is 2. The summed E-state index contributed by atoms with van der Waals surface area (Å²) in [6.07, 6.45) is -5.55. The average Bonchev–Trinajstić information content (AvgIpc) is 3.85. The third-order valence-corrected chi connectivity index (χ3v) is 13.2. The molecule has 1 heterocycles. The number of amides is 2. The number of nitrogens with zero attached hydrogens (tertiary/aromatic N) is 1. The smallest absolute Gasteiger partial charge is 0.497 e. The van der Waals surface area contributed by atoms with E-state index in [4.69, 9.17) is 20.8 Å². The average molecular weight is 939 g/mol. The van der Waals surface area contributed by atoms with Crippen LogP contribution in [-0.4, -0.2) is 58.6 Å². The standard InChI is InChI=1S/C50H49ClF6N2O7/c1-30-5-4-23-47(2)41(22-24-48(47,63)29-59(46(62)58-34-11-16-36(64-3)17-12-34)28-31-7-14-37(15-8-31)66-50(55,56)57)38-18-9-32(25-35(60)13-6-30)26-39(38)45(61)44-21-20-43(65-44)40-27-33(49(52,53)54)10-19-42(40)51/h5,7-12,14-21,26-27,35,41,60,63H,4,6,13,22-25,28-29H2,1-3H3,(H,58,62). The Hall–Kier alpha value is -5.77. The number of furan rings is 1. The Morgan fingerprint density at radius 2 is 1.62 bits per heavy atom. The van der Waals surface area contributed by atoms with Gasteiger partial charge in [0, 0.05) is 28.8 Å². The fraction of sp³-hybridized carbons (Fsp3) is 0.360. The normalized spacial score (nSPS) is 21.4. The van der Waals surface area contributed by atoms with Crippen LogP contribution in [0.3, 0.4) is 0 Å². The molecule has 1 saturated carbocycles. The van der Waals surface area contributed by atoms with Crippen LogP contribution in [0.5, 0.6) is 11.5 Å². The Bertz CT molecular complexity index is 2580. The predicted molar refractivity (Wildman–Crippen MR) is 237 cm³/mol. The first kappa shape index (κ1) is 48.2. The van der Waals surface area contributed by atoms with Gasteiger partial charge < -0.3 is 34.3 Å². The van der Waals surface area contributed by atoms with Crippen LogP contribution in [0, 0.1) is 5.41 Å². The number of methoxy groups -OCH3 is 1. The summed E-state index contributed by atoms with van der Waals surface area (Å²) < 4.78 is 95.4. The van der Waals surface area contributed by atoms with E-state index in [0.717, 1.165) is 35.9 Å². The van der Waals surface area contributed by atoms with Crippen molar-refractivity contribution >= 4 is 29.1 Å². The van der Waals surface area contributed by atoms with Gasteiger partial charge in [-0.15, -0.1) is 13.2 Å². The van der Waals surface area contributed by atoms with Crippen LogP contribution in [-0.2, 0) is 19.1 Å². The summed E-state index contributed by atoms with van der Waals surface area (Å²) in [6, 6.07) is 22.0. The fourth-order valence-electron chi connectivity index (χ4n) is 9.23. The quantitative estimate of drug-likeness (QED) is 0.0724. The molecule has 3 N–H and O–H groups in total. The van der Waals surface area contributed by atoms with E-state index >= 15 is 0 Å². The van der Waals surface area contributed by atoms with Crippen molar-refractivity contribution in [3.8, 4) is 22.8 Å². The Balaban J connectivity index is 1.27. The molecule has 3 aliphatic carbocycles. The van der Waals surface area contributed by atoms with Crippen LogP contribution < -0.4 is 14.8 Å². The topological polar surface area (TPSA) is 121 Å². The van der Waals surface area contributed by atoms with E-state index in [1.54, 1.807) is 30.3 Å². The van der Waals surface area contributed by atoms with Crippen molar-refractivity contribution in [3.63, 3.8) is 0 Å². The molecule has 8 rings (SSSR count). The largest absolute Gasteiger partial charge is 0.573 e. The van der Waals surface area contributed by atoms with Gasteiger partial charge in [-0.05, 0) is 147 Å². The van der Waals surface area contributed by atoms with Crippen molar-refractivity contribution in [2.45, 2.75) is 95.5 Å². The van der Waals surface area contributed by atoms with Crippen LogP contribution in [0.2, 0.25) is 5.02 Å². The SMILES string of the molecule is COc1ccc(NC(=O)N(Cc2ccc(OC(F)(F)F)cc2)CC2(O)CCC3c4ccc(cc4C(=O)c4ccc(-c5cc(C(F)(F)F)ccc5Cl)o4)CC(O)CCC(C)=CCCC32C)cc1. The first-order valence-corrected chi connectivity index (χ1v) is 21.8. The number of ketones is 1. The van der Waals surface area contributed by atoms with Crippen LogP contribution >= 0.6 is 11.6 Å². The van der Waals surface area contributed by atoms with Crippen molar-refractivity contribution < 1.29 is 60.0 Å². The molecule has 350 valence electrons. The van der Waals surface area contributed by atoms with Gasteiger partial charge >= 0.3 is 18.6 Å². The molecule has 1 fully saturated rings. The molecule has 4 atom stereocenters. The van der Waals surface area contributed by atoms with E-state index in [-0.39, 0.29) is 53.6 Å². The molecule has 9 nitrogen and oxygen atoms in total. The molecule has 4 unspecified atom stereocenters. The molecule has 1 aromatic heterocycles. The number of carbonyl (C=O) groups is 2. The molecule has 2 bridgehead atoms. The highest BCUT2D eigenvalue weighted by molar-refractivity contribution is 6.33. The number of carbonyl (C=O) groups excluding carboxylic acids is 2. The molecule has 16 heteroatoms. The van der Waals surface area contributed by atoms with Crippen LogP contribution in [0.4, 0.5) is 36.8 Å². The lowest BCUT2D eigenvalue weighted by molar-refractivity contribution is -0.274. The zero-order valence-electron chi connectivity index (χ0n) is 36.4. The van der Waals surface area contributed by atoms with Crippen molar-refractivity contribution in [3.05, 3.63) is 147 Å². The Kier molecular flexibility index (Phi) is 14.0. The number of allylic oxidation sites excluding steroid dienone is 2. The number of rotatable bonds is 10. The summed E-state index contributed by atoms with van der Waals surface area (Å²) in [5, 5.41) is 27.1. The van der Waals surface area contributed by atoms with Gasteiger partial charge in [-0.3, -0.25) is 4.79 Å². The molecule has 3 aliphatic rings. The van der Waals surface area contributed by atoms with Crippen LogP contribution in [0.1, 0.15) is 96.7 Å². The van der Waals surface area contributed by atoms with Gasteiger partial charge in [-0.2, -0.15) is 13.2 Å². The van der Waals surface area contributed by atoms with E-state index in [9.17, 15) is 46.1 Å². The molecule has 0 aliphatic heterocycles. The molecular weight excluding hydrogens is 890 g/mol. The number of urea groups is 1. The summed E-state index contributed by atoms with van der Waals surface area (Å²) in [6.45, 7) is 3.56. The summed E-state index contributed by atoms with van der Waals surface area (Å²) in [7, 11) is 1.50. The number of nitrogens with one attached hydrogen (secondary N) is 1. The summed E-state index contributed by atoms with van der Waals surface area (Å²) in [4.78, 5) is 30.4. The second-order valence-electron chi connectivity index (χ2n) is 17.3. The second-order valence-corrected chi connectivity index (χ2v) is 17.7. The Morgan fingerprint density at radius 3 is 2.30 bits per heavy atom. The number of hydrogen-bond acceptors (Lipinski definition) is 7. The lowest BCUT2D eigenvalue weighted by Gasteiger charge is -2.46. The van der Waals surface area contributed by atoms with Gasteiger partial charge in [-0.25, -0.2) is 4.79 Å². The van der Waals surface area contributed by atoms with Gasteiger partial charge in [0.15, 0.2) is 5.76 Å². The molecular formula is C50H49ClF6N2O7. The number of anilines is 1. The zero-order valence-corrected chi connectivity index (χ0v) is 37.1. The molecule has 66 heavy (non-hydrogen) atoms. The Labute approximate surface area is 383 Å². The number of alkyl halides is 6. The molecule has 0 radical (unpaired) electrons. The summed E-state index contributed by atoms with van der Waals surface area (Å²) in [5.41, 5.74) is -0.282. The van der Waals surface area contributed by atoms with Gasteiger partial charge in [0.25, 0.3) is 0 Å². The van der Waals surface area contributed by atoms with Gasteiger partial charge in [0.1, 0.15) is 17.3 Å². The lowest BCUT2D eigenvalue weighted by Crippen LogP contribution is -2.54. The fourth-order valence-corrected chi connectivity index (χ4v) is 9.44. The molecule has 2 amide bonds. The highest BCUT2D eigenvalue weighted by atomic mass is 35.5. The van der Waals surface area contributed by atoms with Crippen molar-refractivity contribution in [1.82, 2.24) is 4.90 Å². The first-order chi connectivity index (χ1) is 31.1. The Morgan fingerprint density at radius 1 is 0.909 bits per heavy atom. The predicted octanol–water partition coefficient (Wildman–Crippen LogP) is 12.5. The minimum absolute atomic E-state index is 0.0148. The minimum atomic E-state index is -4.91. The van der Waals surface area contributed by atoms with Gasteiger partial charge in [0.05, 0.1) is 35.9 Å². The number of benzene rings is 4. The van der Waals surface area contributed by atoms with E-state index in [2.05, 4.69) is 16.1 Å². The van der Waals surface area contributed by atoms with Crippen LogP contribution in [0.25, 0.3) is 11.3 Å². The molecule has 0 spiro atoms.